The van der Waals surface area contributed by atoms with Crippen molar-refractivity contribution in [3.05, 3.63) is 35.9 Å². The highest BCUT2D eigenvalue weighted by atomic mass is 16.6. The molecule has 1 aliphatic heterocycles. The number of carbonyl (C=O) groups is 1. The third kappa shape index (κ3) is 2.57. The number of ether oxygens (including phenoxy) is 1. The average molecular weight is 205 g/mol. The summed E-state index contributed by atoms with van der Waals surface area (Å²) in [6.07, 6.45) is 1.80. The Morgan fingerprint density at radius 2 is 2.13 bits per heavy atom. The van der Waals surface area contributed by atoms with E-state index in [9.17, 15) is 4.79 Å². The van der Waals surface area contributed by atoms with Crippen LogP contribution in [-0.2, 0) is 16.0 Å². The Hall–Kier alpha value is -1.35. The number of rotatable bonds is 4. The fourth-order valence-corrected chi connectivity index (χ4v) is 1.69. The van der Waals surface area contributed by atoms with Gasteiger partial charge < -0.3 is 10.1 Å². The van der Waals surface area contributed by atoms with Gasteiger partial charge in [0.1, 0.15) is 0 Å². The van der Waals surface area contributed by atoms with Gasteiger partial charge in [0.05, 0.1) is 6.10 Å². The monoisotopic (exact) mass is 205 g/mol. The van der Waals surface area contributed by atoms with E-state index in [2.05, 4.69) is 17.4 Å². The molecule has 0 bridgehead atoms. The number of hydrogen-bond donors (Lipinski definition) is 1. The van der Waals surface area contributed by atoms with Crippen LogP contribution in [0.1, 0.15) is 12.0 Å². The number of hydrogen-bond acceptors (Lipinski definition) is 2. The molecule has 1 aliphatic rings. The SMILES string of the molecule is CNC(=O)[C@@H]1O[C@H]1CCc1ccccc1. The van der Waals surface area contributed by atoms with E-state index in [1.54, 1.807) is 7.05 Å². The predicted octanol–water partition coefficient (Wildman–Crippen LogP) is 1.13. The molecule has 1 fully saturated rings. The molecule has 3 nitrogen and oxygen atoms in total. The minimum atomic E-state index is -0.210. The highest BCUT2D eigenvalue weighted by Gasteiger charge is 2.43. The lowest BCUT2D eigenvalue weighted by Crippen LogP contribution is -2.24. The van der Waals surface area contributed by atoms with E-state index < -0.39 is 0 Å². The lowest BCUT2D eigenvalue weighted by Gasteiger charge is -1.97. The van der Waals surface area contributed by atoms with E-state index in [4.69, 9.17) is 4.74 Å². The van der Waals surface area contributed by atoms with Crippen LogP contribution < -0.4 is 5.32 Å². The van der Waals surface area contributed by atoms with E-state index >= 15 is 0 Å². The molecule has 80 valence electrons. The summed E-state index contributed by atoms with van der Waals surface area (Å²) in [7, 11) is 1.64. The zero-order chi connectivity index (χ0) is 10.7. The summed E-state index contributed by atoms with van der Waals surface area (Å²) < 4.78 is 5.28. The van der Waals surface area contributed by atoms with Crippen LogP contribution >= 0.6 is 0 Å². The van der Waals surface area contributed by atoms with Crippen LogP contribution in [0.5, 0.6) is 0 Å². The van der Waals surface area contributed by atoms with Crippen molar-refractivity contribution in [1.29, 1.82) is 0 Å². The Morgan fingerprint density at radius 3 is 2.80 bits per heavy atom. The van der Waals surface area contributed by atoms with Gasteiger partial charge in [-0.3, -0.25) is 4.79 Å². The average Bonchev–Trinajstić information content (AvgIpc) is 3.06. The number of aryl methyl sites for hydroxylation is 1. The molecule has 3 heteroatoms. The number of benzene rings is 1. The second-order valence-corrected chi connectivity index (χ2v) is 3.73. The summed E-state index contributed by atoms with van der Waals surface area (Å²) >= 11 is 0. The zero-order valence-corrected chi connectivity index (χ0v) is 8.77. The van der Waals surface area contributed by atoms with E-state index in [1.807, 2.05) is 18.2 Å². The molecule has 0 saturated carbocycles. The van der Waals surface area contributed by atoms with Gasteiger partial charge in [0, 0.05) is 7.05 Å². The van der Waals surface area contributed by atoms with Gasteiger partial charge in [-0.05, 0) is 18.4 Å². The zero-order valence-electron chi connectivity index (χ0n) is 8.77. The van der Waals surface area contributed by atoms with Crippen LogP contribution in [0.25, 0.3) is 0 Å². The fourth-order valence-electron chi connectivity index (χ4n) is 1.69. The highest BCUT2D eigenvalue weighted by molar-refractivity contribution is 5.83. The van der Waals surface area contributed by atoms with Crippen molar-refractivity contribution in [3.8, 4) is 0 Å². The smallest absolute Gasteiger partial charge is 0.251 e. The first-order valence-corrected chi connectivity index (χ1v) is 5.22. The maximum atomic E-state index is 11.2. The lowest BCUT2D eigenvalue weighted by molar-refractivity contribution is -0.121. The van der Waals surface area contributed by atoms with Gasteiger partial charge in [0.2, 0.25) is 0 Å². The topological polar surface area (TPSA) is 41.6 Å². The van der Waals surface area contributed by atoms with Crippen LogP contribution in [0.3, 0.4) is 0 Å². The van der Waals surface area contributed by atoms with E-state index in [0.717, 1.165) is 12.8 Å². The van der Waals surface area contributed by atoms with Crippen molar-refractivity contribution in [2.24, 2.45) is 0 Å². The maximum Gasteiger partial charge on any atom is 0.251 e. The van der Waals surface area contributed by atoms with Gasteiger partial charge in [0.15, 0.2) is 6.10 Å². The molecule has 2 atom stereocenters. The Kier molecular flexibility index (Phi) is 3.02. The third-order valence-corrected chi connectivity index (χ3v) is 2.65. The second-order valence-electron chi connectivity index (χ2n) is 3.73. The van der Waals surface area contributed by atoms with Crippen LogP contribution in [-0.4, -0.2) is 25.2 Å². The Bertz CT molecular complexity index is 337. The molecule has 1 heterocycles. The van der Waals surface area contributed by atoms with Gasteiger partial charge >= 0.3 is 0 Å². The van der Waals surface area contributed by atoms with Crippen molar-refractivity contribution in [2.45, 2.75) is 25.0 Å². The summed E-state index contributed by atoms with van der Waals surface area (Å²) in [6, 6.07) is 10.2. The van der Waals surface area contributed by atoms with Gasteiger partial charge in [0.25, 0.3) is 5.91 Å². The third-order valence-electron chi connectivity index (χ3n) is 2.65. The molecule has 0 aliphatic carbocycles. The molecule has 0 unspecified atom stereocenters. The van der Waals surface area contributed by atoms with Crippen LogP contribution in [0, 0.1) is 0 Å². The quantitative estimate of drug-likeness (QED) is 0.749. The molecular formula is C12H15NO2. The molecule has 0 aromatic heterocycles. The molecule has 0 spiro atoms. The minimum absolute atomic E-state index is 0.00642. The van der Waals surface area contributed by atoms with Crippen LogP contribution in [0.4, 0.5) is 0 Å². The largest absolute Gasteiger partial charge is 0.359 e. The summed E-state index contributed by atoms with van der Waals surface area (Å²) in [4.78, 5) is 11.2. The van der Waals surface area contributed by atoms with Crippen molar-refractivity contribution in [2.75, 3.05) is 7.05 Å². The normalized spacial score (nSPS) is 23.5. The van der Waals surface area contributed by atoms with Crippen molar-refractivity contribution < 1.29 is 9.53 Å². The number of likely N-dealkylation sites (N-methyl/N-ethyl adjacent to an activating group) is 1. The Morgan fingerprint density at radius 1 is 1.40 bits per heavy atom. The molecule has 1 saturated heterocycles. The molecule has 0 radical (unpaired) electrons. The van der Waals surface area contributed by atoms with E-state index in [-0.39, 0.29) is 18.1 Å². The standard InChI is InChI=1S/C12H15NO2/c1-13-12(14)11-10(15-11)8-7-9-5-3-2-4-6-9/h2-6,10-11H,7-8H2,1H3,(H,13,14)/t10-,11+/m0/s1. The minimum Gasteiger partial charge on any atom is -0.359 e. The summed E-state index contributed by atoms with van der Waals surface area (Å²) in [5, 5.41) is 2.59. The highest BCUT2D eigenvalue weighted by Crippen LogP contribution is 2.26. The molecular weight excluding hydrogens is 190 g/mol. The van der Waals surface area contributed by atoms with Gasteiger partial charge in [-0.1, -0.05) is 30.3 Å². The van der Waals surface area contributed by atoms with Crippen LogP contribution in [0.2, 0.25) is 0 Å². The first kappa shape index (κ1) is 10.2. The Labute approximate surface area is 89.4 Å². The van der Waals surface area contributed by atoms with Gasteiger partial charge in [-0.25, -0.2) is 0 Å². The molecule has 1 aromatic rings. The van der Waals surface area contributed by atoms with Crippen molar-refractivity contribution in [3.63, 3.8) is 0 Å². The summed E-state index contributed by atoms with van der Waals surface area (Å²) in [6.45, 7) is 0. The number of nitrogens with one attached hydrogen (secondary N) is 1. The molecule has 2 rings (SSSR count). The Balaban J connectivity index is 1.75. The first-order chi connectivity index (χ1) is 7.31. The van der Waals surface area contributed by atoms with E-state index in [0.29, 0.717) is 0 Å². The van der Waals surface area contributed by atoms with Crippen LogP contribution in [0.15, 0.2) is 30.3 Å². The molecule has 1 aromatic carbocycles. The van der Waals surface area contributed by atoms with Gasteiger partial charge in [-0.2, -0.15) is 0 Å². The van der Waals surface area contributed by atoms with Crippen molar-refractivity contribution in [1.82, 2.24) is 5.32 Å². The summed E-state index contributed by atoms with van der Waals surface area (Å²) in [5.41, 5.74) is 1.30. The number of epoxide rings is 1. The molecule has 15 heavy (non-hydrogen) atoms. The number of amides is 1. The lowest BCUT2D eigenvalue weighted by atomic mass is 10.1. The second kappa shape index (κ2) is 4.45. The van der Waals surface area contributed by atoms with Gasteiger partial charge in [-0.15, -0.1) is 0 Å². The predicted molar refractivity (Wildman–Crippen MR) is 57.5 cm³/mol. The number of carbonyl (C=O) groups excluding carboxylic acids is 1. The fraction of sp³-hybridized carbons (Fsp3) is 0.417. The molecule has 1 N–H and O–H groups in total. The molecule has 1 amide bonds. The maximum absolute atomic E-state index is 11.2. The first-order valence-electron chi connectivity index (χ1n) is 5.22. The van der Waals surface area contributed by atoms with Crippen molar-refractivity contribution >= 4 is 5.91 Å². The summed E-state index contributed by atoms with van der Waals surface area (Å²) in [5.74, 6) is -0.00642. The van der Waals surface area contributed by atoms with E-state index in [1.165, 1.54) is 5.56 Å².